The molecule has 1 saturated heterocycles. The van der Waals surface area contributed by atoms with Crippen molar-refractivity contribution in [2.24, 2.45) is 0 Å². The molecule has 0 spiro atoms. The molecule has 7 heteroatoms. The number of methoxy groups -OCH3 is 1. The van der Waals surface area contributed by atoms with Crippen molar-refractivity contribution < 1.29 is 17.9 Å². The maximum absolute atomic E-state index is 12.7. The summed E-state index contributed by atoms with van der Waals surface area (Å²) in [4.78, 5) is 13.3. The summed E-state index contributed by atoms with van der Waals surface area (Å²) in [6, 6.07) is 7.10. The minimum Gasteiger partial charge on any atom is -0.453 e. The molecule has 0 saturated carbocycles. The van der Waals surface area contributed by atoms with Crippen LogP contribution in [0.5, 0.6) is 0 Å². The van der Waals surface area contributed by atoms with Crippen molar-refractivity contribution in [2.45, 2.75) is 31.1 Å². The first-order valence-corrected chi connectivity index (χ1v) is 9.27. The van der Waals surface area contributed by atoms with E-state index in [4.69, 9.17) is 0 Å². The Kier molecular flexibility index (Phi) is 5.64. The molecule has 0 aliphatic carbocycles. The van der Waals surface area contributed by atoms with Gasteiger partial charge in [0.25, 0.3) is 0 Å². The van der Waals surface area contributed by atoms with Crippen molar-refractivity contribution in [1.29, 1.82) is 0 Å². The molecule has 0 radical (unpaired) electrons. The number of hydrogen-bond acceptors (Lipinski definition) is 4. The zero-order chi connectivity index (χ0) is 17.0. The Morgan fingerprint density at radius 1 is 1.17 bits per heavy atom. The molecule has 2 rings (SSSR count). The molecular weight excluding hydrogens is 316 g/mol. The van der Waals surface area contributed by atoms with Crippen LogP contribution in [-0.2, 0) is 14.8 Å². The van der Waals surface area contributed by atoms with Crippen LogP contribution in [0.25, 0.3) is 0 Å². The van der Waals surface area contributed by atoms with Crippen molar-refractivity contribution in [2.75, 3.05) is 33.3 Å². The first kappa shape index (κ1) is 17.7. The van der Waals surface area contributed by atoms with E-state index in [-0.39, 0.29) is 13.1 Å². The van der Waals surface area contributed by atoms with Gasteiger partial charge < -0.3 is 9.64 Å². The predicted molar refractivity (Wildman–Crippen MR) is 87.9 cm³/mol. The highest BCUT2D eigenvalue weighted by molar-refractivity contribution is 7.89. The van der Waals surface area contributed by atoms with Gasteiger partial charge in [0.1, 0.15) is 0 Å². The van der Waals surface area contributed by atoms with Crippen LogP contribution in [0.2, 0.25) is 0 Å². The molecule has 1 amide bonds. The monoisotopic (exact) mass is 340 g/mol. The SMILES string of the molecule is CC[C@@H](C)c1ccc(S(=O)(=O)N2CCN(C(=O)OC)CC2)cc1. The molecule has 1 fully saturated rings. The van der Waals surface area contributed by atoms with E-state index in [1.54, 1.807) is 12.1 Å². The summed E-state index contributed by atoms with van der Waals surface area (Å²) in [5, 5.41) is 0. The lowest BCUT2D eigenvalue weighted by Crippen LogP contribution is -2.50. The Balaban J connectivity index is 2.09. The number of amides is 1. The second-order valence-electron chi connectivity index (χ2n) is 5.74. The molecule has 23 heavy (non-hydrogen) atoms. The Labute approximate surface area is 138 Å². The normalized spacial score (nSPS) is 17.8. The summed E-state index contributed by atoms with van der Waals surface area (Å²) in [7, 11) is -2.19. The maximum atomic E-state index is 12.7. The second-order valence-corrected chi connectivity index (χ2v) is 7.68. The third-order valence-electron chi connectivity index (χ3n) is 4.37. The van der Waals surface area contributed by atoms with Gasteiger partial charge >= 0.3 is 6.09 Å². The topological polar surface area (TPSA) is 66.9 Å². The van der Waals surface area contributed by atoms with Crippen LogP contribution >= 0.6 is 0 Å². The lowest BCUT2D eigenvalue weighted by molar-refractivity contribution is 0.108. The minimum absolute atomic E-state index is 0.282. The smallest absolute Gasteiger partial charge is 0.409 e. The molecular formula is C16H24N2O4S. The van der Waals surface area contributed by atoms with Gasteiger partial charge in [-0.25, -0.2) is 13.2 Å². The number of benzene rings is 1. The highest BCUT2D eigenvalue weighted by atomic mass is 32.2. The third-order valence-corrected chi connectivity index (χ3v) is 6.28. The quantitative estimate of drug-likeness (QED) is 0.843. The standard InChI is InChI=1S/C16H24N2O4S/c1-4-13(2)14-5-7-15(8-6-14)23(20,21)18-11-9-17(10-12-18)16(19)22-3/h5-8,13H,4,9-12H2,1-3H3/t13-/m1/s1. The van der Waals surface area contributed by atoms with E-state index in [0.29, 0.717) is 23.9 Å². The van der Waals surface area contributed by atoms with Gasteiger partial charge in [0.05, 0.1) is 12.0 Å². The Morgan fingerprint density at radius 2 is 1.74 bits per heavy atom. The van der Waals surface area contributed by atoms with E-state index in [2.05, 4.69) is 18.6 Å². The minimum atomic E-state index is -3.51. The van der Waals surface area contributed by atoms with Gasteiger partial charge in [-0.2, -0.15) is 4.31 Å². The van der Waals surface area contributed by atoms with Crippen LogP contribution < -0.4 is 0 Å². The summed E-state index contributed by atoms with van der Waals surface area (Å²) < 4.78 is 31.4. The van der Waals surface area contributed by atoms with E-state index < -0.39 is 16.1 Å². The molecule has 128 valence electrons. The van der Waals surface area contributed by atoms with Crippen LogP contribution in [0.3, 0.4) is 0 Å². The van der Waals surface area contributed by atoms with Gasteiger partial charge in [-0.3, -0.25) is 0 Å². The maximum Gasteiger partial charge on any atom is 0.409 e. The van der Waals surface area contributed by atoms with Crippen molar-refractivity contribution in [1.82, 2.24) is 9.21 Å². The molecule has 0 aromatic heterocycles. The summed E-state index contributed by atoms with van der Waals surface area (Å²) in [5.74, 6) is 0.412. The molecule has 0 bridgehead atoms. The number of piperazine rings is 1. The summed E-state index contributed by atoms with van der Waals surface area (Å²) >= 11 is 0. The number of hydrogen-bond donors (Lipinski definition) is 0. The van der Waals surface area contributed by atoms with E-state index in [1.807, 2.05) is 12.1 Å². The highest BCUT2D eigenvalue weighted by Crippen LogP contribution is 2.23. The predicted octanol–water partition coefficient (Wildman–Crippen LogP) is 2.27. The number of carbonyl (C=O) groups is 1. The lowest BCUT2D eigenvalue weighted by atomic mass is 9.99. The molecule has 1 aromatic carbocycles. The lowest BCUT2D eigenvalue weighted by Gasteiger charge is -2.33. The number of carbonyl (C=O) groups excluding carboxylic acids is 1. The van der Waals surface area contributed by atoms with Crippen molar-refractivity contribution >= 4 is 16.1 Å². The first-order valence-electron chi connectivity index (χ1n) is 7.83. The van der Waals surface area contributed by atoms with Crippen LogP contribution in [0.4, 0.5) is 4.79 Å². The Morgan fingerprint density at radius 3 is 2.22 bits per heavy atom. The largest absolute Gasteiger partial charge is 0.453 e. The van der Waals surface area contributed by atoms with Crippen molar-refractivity contribution in [3.05, 3.63) is 29.8 Å². The van der Waals surface area contributed by atoms with Gasteiger partial charge in [-0.15, -0.1) is 0 Å². The van der Waals surface area contributed by atoms with Crippen molar-refractivity contribution in [3.8, 4) is 0 Å². The van der Waals surface area contributed by atoms with E-state index in [9.17, 15) is 13.2 Å². The van der Waals surface area contributed by atoms with Gasteiger partial charge in [0.2, 0.25) is 10.0 Å². The summed E-state index contributed by atoms with van der Waals surface area (Å²) in [6.07, 6.45) is 0.599. The fraction of sp³-hybridized carbons (Fsp3) is 0.562. The first-order chi connectivity index (χ1) is 10.9. The van der Waals surface area contributed by atoms with Crippen LogP contribution in [0, 0.1) is 0 Å². The molecule has 1 aromatic rings. The molecule has 1 heterocycles. The zero-order valence-electron chi connectivity index (χ0n) is 13.9. The van der Waals surface area contributed by atoms with Gasteiger partial charge in [-0.1, -0.05) is 26.0 Å². The number of ether oxygens (including phenoxy) is 1. The number of nitrogens with zero attached hydrogens (tertiary/aromatic N) is 2. The van der Waals surface area contributed by atoms with Gasteiger partial charge in [0, 0.05) is 26.2 Å². The van der Waals surface area contributed by atoms with Gasteiger partial charge in [-0.05, 0) is 30.0 Å². The highest BCUT2D eigenvalue weighted by Gasteiger charge is 2.30. The van der Waals surface area contributed by atoms with Crippen LogP contribution in [-0.4, -0.2) is 57.0 Å². The molecule has 1 aliphatic heterocycles. The third kappa shape index (κ3) is 3.84. The fourth-order valence-corrected chi connectivity index (χ4v) is 4.02. The molecule has 1 aliphatic rings. The van der Waals surface area contributed by atoms with Crippen LogP contribution in [0.15, 0.2) is 29.2 Å². The van der Waals surface area contributed by atoms with Crippen LogP contribution in [0.1, 0.15) is 31.7 Å². The zero-order valence-corrected chi connectivity index (χ0v) is 14.7. The second kappa shape index (κ2) is 7.31. The summed E-state index contributed by atoms with van der Waals surface area (Å²) in [6.45, 7) is 5.48. The number of rotatable bonds is 4. The average molecular weight is 340 g/mol. The summed E-state index contributed by atoms with van der Waals surface area (Å²) in [5.41, 5.74) is 1.14. The van der Waals surface area contributed by atoms with E-state index in [0.717, 1.165) is 12.0 Å². The number of sulfonamides is 1. The fourth-order valence-electron chi connectivity index (χ4n) is 2.59. The molecule has 6 nitrogen and oxygen atoms in total. The average Bonchev–Trinajstić information content (AvgIpc) is 2.60. The molecule has 1 atom stereocenters. The van der Waals surface area contributed by atoms with E-state index in [1.165, 1.54) is 16.3 Å². The van der Waals surface area contributed by atoms with E-state index >= 15 is 0 Å². The Bertz CT molecular complexity index is 635. The molecule has 0 unspecified atom stereocenters. The molecule has 0 N–H and O–H groups in total. The Hall–Kier alpha value is -1.60. The van der Waals surface area contributed by atoms with Crippen molar-refractivity contribution in [3.63, 3.8) is 0 Å². The van der Waals surface area contributed by atoms with Gasteiger partial charge in [0.15, 0.2) is 0 Å².